The Balaban J connectivity index is 2.31. The van der Waals surface area contributed by atoms with Crippen LogP contribution in [0.25, 0.3) is 0 Å². The van der Waals surface area contributed by atoms with Gasteiger partial charge < -0.3 is 5.11 Å². The van der Waals surface area contributed by atoms with Gasteiger partial charge in [-0.3, -0.25) is 4.68 Å². The molecule has 0 saturated heterocycles. The van der Waals surface area contributed by atoms with Crippen LogP contribution in [0.15, 0.2) is 18.2 Å². The predicted octanol–water partition coefficient (Wildman–Crippen LogP) is 3.04. The minimum Gasteiger partial charge on any atom is -0.478 e. The van der Waals surface area contributed by atoms with Crippen LogP contribution in [0, 0.1) is 19.7 Å². The summed E-state index contributed by atoms with van der Waals surface area (Å²) < 4.78 is 15.2. The normalized spacial score (nSPS) is 10.7. The number of carbonyl (C=O) groups is 1. The van der Waals surface area contributed by atoms with Crippen molar-refractivity contribution in [1.29, 1.82) is 0 Å². The summed E-state index contributed by atoms with van der Waals surface area (Å²) >= 11 is 6.03. The second-order valence-electron chi connectivity index (χ2n) is 4.26. The lowest BCUT2D eigenvalue weighted by molar-refractivity contribution is 0.0692. The molecule has 19 heavy (non-hydrogen) atoms. The first kappa shape index (κ1) is 13.5. The summed E-state index contributed by atoms with van der Waals surface area (Å²) in [6.07, 6.45) is 0. The van der Waals surface area contributed by atoms with E-state index in [0.717, 1.165) is 5.69 Å². The molecule has 1 heterocycles. The van der Waals surface area contributed by atoms with Crippen LogP contribution in [0.5, 0.6) is 0 Å². The molecule has 0 amide bonds. The zero-order chi connectivity index (χ0) is 14.2. The molecule has 6 heteroatoms. The average molecular weight is 283 g/mol. The molecular weight excluding hydrogens is 271 g/mol. The zero-order valence-corrected chi connectivity index (χ0v) is 11.2. The zero-order valence-electron chi connectivity index (χ0n) is 10.4. The van der Waals surface area contributed by atoms with Crippen molar-refractivity contribution in [3.05, 3.63) is 51.6 Å². The number of halogens is 2. The number of aromatic nitrogens is 2. The Morgan fingerprint density at radius 1 is 1.47 bits per heavy atom. The van der Waals surface area contributed by atoms with Crippen LogP contribution in [0.1, 0.15) is 27.3 Å². The van der Waals surface area contributed by atoms with Crippen molar-refractivity contribution < 1.29 is 14.3 Å². The van der Waals surface area contributed by atoms with Gasteiger partial charge in [0, 0.05) is 0 Å². The van der Waals surface area contributed by atoms with E-state index in [1.54, 1.807) is 17.7 Å². The number of benzene rings is 1. The van der Waals surface area contributed by atoms with E-state index in [2.05, 4.69) is 5.10 Å². The molecule has 0 spiro atoms. The SMILES string of the molecule is Cc1nn(Cc2ccc(C(=O)O)c(F)c2)c(C)c1Cl. The summed E-state index contributed by atoms with van der Waals surface area (Å²) in [6.45, 7) is 3.96. The summed E-state index contributed by atoms with van der Waals surface area (Å²) in [5.74, 6) is -2.03. The molecule has 0 aliphatic rings. The molecule has 0 fully saturated rings. The van der Waals surface area contributed by atoms with E-state index >= 15 is 0 Å². The van der Waals surface area contributed by atoms with Crippen LogP contribution < -0.4 is 0 Å². The first-order chi connectivity index (χ1) is 8.90. The van der Waals surface area contributed by atoms with Gasteiger partial charge in [-0.05, 0) is 31.5 Å². The molecular formula is C13H12ClFN2O2. The number of aromatic carboxylic acids is 1. The molecule has 1 aromatic carbocycles. The third-order valence-electron chi connectivity index (χ3n) is 2.89. The van der Waals surface area contributed by atoms with Gasteiger partial charge in [0.1, 0.15) is 5.82 Å². The molecule has 100 valence electrons. The van der Waals surface area contributed by atoms with E-state index in [-0.39, 0.29) is 5.56 Å². The van der Waals surface area contributed by atoms with Crippen LogP contribution >= 0.6 is 11.6 Å². The quantitative estimate of drug-likeness (QED) is 0.941. The number of hydrogen-bond donors (Lipinski definition) is 1. The second kappa shape index (κ2) is 5.01. The maximum atomic E-state index is 13.6. The van der Waals surface area contributed by atoms with Gasteiger partial charge in [0.2, 0.25) is 0 Å². The van der Waals surface area contributed by atoms with Crippen LogP contribution in [0.4, 0.5) is 4.39 Å². The number of carboxylic acid groups (broad SMARTS) is 1. The van der Waals surface area contributed by atoms with E-state index in [9.17, 15) is 9.18 Å². The van der Waals surface area contributed by atoms with E-state index in [1.807, 2.05) is 6.92 Å². The number of hydrogen-bond acceptors (Lipinski definition) is 2. The highest BCUT2D eigenvalue weighted by molar-refractivity contribution is 6.31. The third-order valence-corrected chi connectivity index (χ3v) is 3.44. The lowest BCUT2D eigenvalue weighted by Crippen LogP contribution is -2.06. The fourth-order valence-corrected chi connectivity index (χ4v) is 1.97. The largest absolute Gasteiger partial charge is 0.478 e. The van der Waals surface area contributed by atoms with Crippen LogP contribution in [-0.4, -0.2) is 20.9 Å². The number of aryl methyl sites for hydroxylation is 1. The molecule has 0 atom stereocenters. The Morgan fingerprint density at radius 2 is 2.16 bits per heavy atom. The fraction of sp³-hybridized carbons (Fsp3) is 0.231. The van der Waals surface area contributed by atoms with Gasteiger partial charge in [-0.2, -0.15) is 5.10 Å². The third kappa shape index (κ3) is 2.61. The molecule has 0 radical (unpaired) electrons. The topological polar surface area (TPSA) is 55.1 Å². The minimum absolute atomic E-state index is 0.338. The average Bonchev–Trinajstić information content (AvgIpc) is 2.57. The highest BCUT2D eigenvalue weighted by Gasteiger charge is 2.13. The Bertz CT molecular complexity index is 652. The van der Waals surface area contributed by atoms with E-state index < -0.39 is 11.8 Å². The van der Waals surface area contributed by atoms with Crippen molar-refractivity contribution >= 4 is 17.6 Å². The fourth-order valence-electron chi connectivity index (χ4n) is 1.83. The molecule has 0 saturated carbocycles. The molecule has 0 unspecified atom stereocenters. The molecule has 4 nitrogen and oxygen atoms in total. The number of rotatable bonds is 3. The summed E-state index contributed by atoms with van der Waals surface area (Å²) in [5.41, 5.74) is 1.79. The van der Waals surface area contributed by atoms with Crippen LogP contribution in [-0.2, 0) is 6.54 Å². The Labute approximate surface area is 114 Å². The lowest BCUT2D eigenvalue weighted by Gasteiger charge is -2.06. The van der Waals surface area contributed by atoms with Gasteiger partial charge >= 0.3 is 5.97 Å². The smallest absolute Gasteiger partial charge is 0.338 e. The number of carboxylic acids is 1. The van der Waals surface area contributed by atoms with Crippen molar-refractivity contribution in [2.45, 2.75) is 20.4 Å². The van der Waals surface area contributed by atoms with Gasteiger partial charge in [0.25, 0.3) is 0 Å². The van der Waals surface area contributed by atoms with Crippen LogP contribution in [0.2, 0.25) is 5.02 Å². The number of nitrogens with zero attached hydrogens (tertiary/aromatic N) is 2. The first-order valence-corrected chi connectivity index (χ1v) is 5.99. The Morgan fingerprint density at radius 3 is 2.63 bits per heavy atom. The minimum atomic E-state index is -1.28. The standard InChI is InChI=1S/C13H12ClFN2O2/c1-7-12(14)8(2)17(16-7)6-9-3-4-10(13(18)19)11(15)5-9/h3-5H,6H2,1-2H3,(H,18,19). The Kier molecular flexibility index (Phi) is 3.57. The second-order valence-corrected chi connectivity index (χ2v) is 4.64. The lowest BCUT2D eigenvalue weighted by atomic mass is 10.1. The van der Waals surface area contributed by atoms with Gasteiger partial charge in [-0.15, -0.1) is 0 Å². The van der Waals surface area contributed by atoms with Crippen molar-refractivity contribution in [2.24, 2.45) is 0 Å². The molecule has 0 aliphatic carbocycles. The molecule has 0 aliphatic heterocycles. The maximum absolute atomic E-state index is 13.6. The Hall–Kier alpha value is -1.88. The van der Waals surface area contributed by atoms with Gasteiger partial charge in [-0.1, -0.05) is 17.7 Å². The monoisotopic (exact) mass is 282 g/mol. The van der Waals surface area contributed by atoms with Gasteiger partial charge in [0.05, 0.1) is 28.5 Å². The highest BCUT2D eigenvalue weighted by Crippen LogP contribution is 2.20. The van der Waals surface area contributed by atoms with Crippen molar-refractivity contribution in [3.63, 3.8) is 0 Å². The van der Waals surface area contributed by atoms with E-state index in [4.69, 9.17) is 16.7 Å². The molecule has 1 aromatic heterocycles. The van der Waals surface area contributed by atoms with E-state index in [1.165, 1.54) is 12.1 Å². The van der Waals surface area contributed by atoms with E-state index in [0.29, 0.717) is 22.8 Å². The summed E-state index contributed by atoms with van der Waals surface area (Å²) in [6, 6.07) is 4.02. The molecule has 2 rings (SSSR count). The summed E-state index contributed by atoms with van der Waals surface area (Å²) in [4.78, 5) is 10.7. The maximum Gasteiger partial charge on any atom is 0.338 e. The molecule has 2 aromatic rings. The van der Waals surface area contributed by atoms with Crippen LogP contribution in [0.3, 0.4) is 0 Å². The van der Waals surface area contributed by atoms with Crippen molar-refractivity contribution in [2.75, 3.05) is 0 Å². The van der Waals surface area contributed by atoms with Crippen molar-refractivity contribution in [3.8, 4) is 0 Å². The van der Waals surface area contributed by atoms with Gasteiger partial charge in [-0.25, -0.2) is 9.18 Å². The predicted molar refractivity (Wildman–Crippen MR) is 69.2 cm³/mol. The molecule has 1 N–H and O–H groups in total. The summed E-state index contributed by atoms with van der Waals surface area (Å²) in [5, 5.41) is 13.6. The first-order valence-electron chi connectivity index (χ1n) is 5.61. The summed E-state index contributed by atoms with van der Waals surface area (Å²) in [7, 11) is 0. The molecule has 0 bridgehead atoms. The van der Waals surface area contributed by atoms with Gasteiger partial charge in [0.15, 0.2) is 0 Å². The highest BCUT2D eigenvalue weighted by atomic mass is 35.5. The van der Waals surface area contributed by atoms with Crippen molar-refractivity contribution in [1.82, 2.24) is 9.78 Å².